The Morgan fingerprint density at radius 2 is 1.96 bits per heavy atom. The van der Waals surface area contributed by atoms with Crippen LogP contribution < -0.4 is 5.73 Å². The number of rotatable bonds is 5. The quantitative estimate of drug-likeness (QED) is 0.659. The Balaban J connectivity index is 1.84. The van der Waals surface area contributed by atoms with Crippen LogP contribution in [0.1, 0.15) is 29.3 Å². The van der Waals surface area contributed by atoms with Gasteiger partial charge in [-0.05, 0) is 41.3 Å². The van der Waals surface area contributed by atoms with Gasteiger partial charge in [0.1, 0.15) is 5.82 Å². The summed E-state index contributed by atoms with van der Waals surface area (Å²) in [5.41, 5.74) is 8.49. The summed E-state index contributed by atoms with van der Waals surface area (Å²) in [6.45, 7) is 2.67. The molecule has 2 N–H and O–H groups in total. The number of esters is 1. The Labute approximate surface area is 151 Å². The summed E-state index contributed by atoms with van der Waals surface area (Å²) in [6, 6.07) is 10.1. The van der Waals surface area contributed by atoms with Crippen LogP contribution in [0.15, 0.2) is 36.4 Å². The minimum Gasteiger partial charge on any atom is -0.469 e. The van der Waals surface area contributed by atoms with E-state index in [-0.39, 0.29) is 23.5 Å². The summed E-state index contributed by atoms with van der Waals surface area (Å²) >= 11 is 0. The topological polar surface area (TPSA) is 72.6 Å². The van der Waals surface area contributed by atoms with Crippen molar-refractivity contribution in [2.45, 2.75) is 19.9 Å². The maximum absolute atomic E-state index is 13.7. The maximum atomic E-state index is 13.7. The standard InChI is InChI=1S/C20H21FN2O3/c1-3-12(20(25)26-2)10-23-11-15-5-4-13(8-16(15)19(23)24)14-6-7-18(22)17(21)9-14/h4-9,12H,3,10-11,22H2,1-2H3/t12-/m0/s1. The third kappa shape index (κ3) is 3.27. The number of ether oxygens (including phenoxy) is 1. The van der Waals surface area contributed by atoms with E-state index < -0.39 is 5.82 Å². The van der Waals surface area contributed by atoms with Crippen molar-refractivity contribution >= 4 is 17.6 Å². The molecule has 1 amide bonds. The van der Waals surface area contributed by atoms with Gasteiger partial charge in [-0.1, -0.05) is 25.1 Å². The molecule has 5 nitrogen and oxygen atoms in total. The Bertz CT molecular complexity index is 866. The molecule has 0 unspecified atom stereocenters. The van der Waals surface area contributed by atoms with E-state index in [1.54, 1.807) is 17.0 Å². The molecule has 26 heavy (non-hydrogen) atoms. The predicted molar refractivity (Wildman–Crippen MR) is 96.8 cm³/mol. The Morgan fingerprint density at radius 1 is 1.27 bits per heavy atom. The molecule has 136 valence electrons. The molecule has 0 saturated carbocycles. The zero-order valence-corrected chi connectivity index (χ0v) is 14.8. The molecule has 6 heteroatoms. The summed E-state index contributed by atoms with van der Waals surface area (Å²) in [6.07, 6.45) is 0.600. The van der Waals surface area contributed by atoms with Crippen molar-refractivity contribution in [2.24, 2.45) is 5.92 Å². The predicted octanol–water partition coefficient (Wildman–Crippen LogP) is 3.23. The number of methoxy groups -OCH3 is 1. The zero-order chi connectivity index (χ0) is 18.8. The average molecular weight is 356 g/mol. The van der Waals surface area contributed by atoms with Crippen LogP contribution in [0, 0.1) is 11.7 Å². The van der Waals surface area contributed by atoms with Gasteiger partial charge in [0.2, 0.25) is 0 Å². The molecule has 0 saturated heterocycles. The van der Waals surface area contributed by atoms with E-state index in [0.29, 0.717) is 30.6 Å². The second-order valence-corrected chi connectivity index (χ2v) is 6.42. The van der Waals surface area contributed by atoms with E-state index in [4.69, 9.17) is 10.5 Å². The third-order valence-electron chi connectivity index (χ3n) is 4.79. The van der Waals surface area contributed by atoms with Gasteiger partial charge < -0.3 is 15.4 Å². The second-order valence-electron chi connectivity index (χ2n) is 6.42. The van der Waals surface area contributed by atoms with Crippen molar-refractivity contribution in [3.8, 4) is 11.1 Å². The van der Waals surface area contributed by atoms with Crippen LogP contribution in [0.2, 0.25) is 0 Å². The number of carbonyl (C=O) groups is 2. The lowest BCUT2D eigenvalue weighted by atomic mass is 10.00. The smallest absolute Gasteiger partial charge is 0.310 e. The minimum absolute atomic E-state index is 0.0885. The van der Waals surface area contributed by atoms with Gasteiger partial charge >= 0.3 is 5.97 Å². The molecular formula is C20H21FN2O3. The Morgan fingerprint density at radius 3 is 2.62 bits per heavy atom. The Hall–Kier alpha value is -2.89. The maximum Gasteiger partial charge on any atom is 0.310 e. The number of nitrogens with zero attached hydrogens (tertiary/aromatic N) is 1. The highest BCUT2D eigenvalue weighted by molar-refractivity contribution is 5.99. The van der Waals surface area contributed by atoms with Crippen molar-refractivity contribution in [1.82, 2.24) is 4.90 Å². The fraction of sp³-hybridized carbons (Fsp3) is 0.300. The van der Waals surface area contributed by atoms with Gasteiger partial charge in [-0.25, -0.2) is 4.39 Å². The summed E-state index contributed by atoms with van der Waals surface area (Å²) < 4.78 is 18.5. The Kier molecular flexibility index (Phi) is 4.93. The lowest BCUT2D eigenvalue weighted by molar-refractivity contribution is -0.146. The van der Waals surface area contributed by atoms with Crippen molar-refractivity contribution in [2.75, 3.05) is 19.4 Å². The van der Waals surface area contributed by atoms with Crippen LogP contribution in [-0.2, 0) is 16.1 Å². The van der Waals surface area contributed by atoms with Crippen molar-refractivity contribution in [1.29, 1.82) is 0 Å². The molecule has 0 fully saturated rings. The van der Waals surface area contributed by atoms with Crippen LogP contribution >= 0.6 is 0 Å². The third-order valence-corrected chi connectivity index (χ3v) is 4.79. The van der Waals surface area contributed by atoms with E-state index in [2.05, 4.69) is 0 Å². The van der Waals surface area contributed by atoms with Crippen LogP contribution in [0.4, 0.5) is 10.1 Å². The number of nitrogen functional groups attached to an aromatic ring is 1. The first-order valence-electron chi connectivity index (χ1n) is 8.50. The molecule has 0 spiro atoms. The largest absolute Gasteiger partial charge is 0.469 e. The van der Waals surface area contributed by atoms with E-state index in [0.717, 1.165) is 11.1 Å². The zero-order valence-electron chi connectivity index (χ0n) is 14.8. The molecule has 1 heterocycles. The van der Waals surface area contributed by atoms with Gasteiger partial charge in [-0.3, -0.25) is 9.59 Å². The highest BCUT2D eigenvalue weighted by atomic mass is 19.1. The number of nitrogens with two attached hydrogens (primary N) is 1. The van der Waals surface area contributed by atoms with Gasteiger partial charge in [0, 0.05) is 18.7 Å². The summed E-state index contributed by atoms with van der Waals surface area (Å²) in [7, 11) is 1.35. The van der Waals surface area contributed by atoms with E-state index in [1.807, 2.05) is 19.1 Å². The monoisotopic (exact) mass is 356 g/mol. The molecule has 0 radical (unpaired) electrons. The van der Waals surface area contributed by atoms with Gasteiger partial charge in [0.15, 0.2) is 0 Å². The molecule has 0 aliphatic carbocycles. The van der Waals surface area contributed by atoms with Crippen LogP contribution in [0.5, 0.6) is 0 Å². The molecule has 2 aromatic carbocycles. The van der Waals surface area contributed by atoms with Crippen molar-refractivity contribution in [3.05, 3.63) is 53.3 Å². The number of halogens is 1. The molecule has 1 atom stereocenters. The van der Waals surface area contributed by atoms with E-state index >= 15 is 0 Å². The van der Waals surface area contributed by atoms with Gasteiger partial charge in [-0.2, -0.15) is 0 Å². The highest BCUT2D eigenvalue weighted by Crippen LogP contribution is 2.30. The van der Waals surface area contributed by atoms with Crippen LogP contribution in [0.25, 0.3) is 11.1 Å². The molecule has 2 aromatic rings. The fourth-order valence-electron chi connectivity index (χ4n) is 3.20. The summed E-state index contributed by atoms with van der Waals surface area (Å²) in [5, 5.41) is 0. The molecule has 3 rings (SSSR count). The number of amides is 1. The number of anilines is 1. The number of hydrogen-bond donors (Lipinski definition) is 1. The van der Waals surface area contributed by atoms with Crippen molar-refractivity contribution < 1.29 is 18.7 Å². The SMILES string of the molecule is CC[C@@H](CN1Cc2ccc(-c3ccc(N)c(F)c3)cc2C1=O)C(=O)OC. The second kappa shape index (κ2) is 7.15. The van der Waals surface area contributed by atoms with Crippen LogP contribution in [0.3, 0.4) is 0 Å². The summed E-state index contributed by atoms with van der Waals surface area (Å²) in [5.74, 6) is -1.27. The average Bonchev–Trinajstić information content (AvgIpc) is 2.96. The first kappa shape index (κ1) is 17.9. The number of carbonyl (C=O) groups excluding carboxylic acids is 2. The lowest BCUT2D eigenvalue weighted by Crippen LogP contribution is -2.33. The van der Waals surface area contributed by atoms with Gasteiger partial charge in [0.05, 0.1) is 18.7 Å². The molecule has 1 aliphatic heterocycles. The first-order chi connectivity index (χ1) is 12.4. The first-order valence-corrected chi connectivity index (χ1v) is 8.50. The van der Waals surface area contributed by atoms with E-state index in [9.17, 15) is 14.0 Å². The van der Waals surface area contributed by atoms with Crippen molar-refractivity contribution in [3.63, 3.8) is 0 Å². The number of fused-ring (bicyclic) bond motifs is 1. The molecular weight excluding hydrogens is 335 g/mol. The minimum atomic E-state index is -0.486. The van der Waals surface area contributed by atoms with Gasteiger partial charge in [-0.15, -0.1) is 0 Å². The highest BCUT2D eigenvalue weighted by Gasteiger charge is 2.31. The molecule has 0 bridgehead atoms. The lowest BCUT2D eigenvalue weighted by Gasteiger charge is -2.20. The molecule has 0 aromatic heterocycles. The normalized spacial score (nSPS) is 14.3. The number of benzene rings is 2. The van der Waals surface area contributed by atoms with Crippen LogP contribution in [-0.4, -0.2) is 30.4 Å². The molecule has 1 aliphatic rings. The van der Waals surface area contributed by atoms with Gasteiger partial charge in [0.25, 0.3) is 5.91 Å². The van der Waals surface area contributed by atoms with E-state index in [1.165, 1.54) is 19.2 Å². The fourth-order valence-corrected chi connectivity index (χ4v) is 3.20. The number of hydrogen-bond acceptors (Lipinski definition) is 4. The summed E-state index contributed by atoms with van der Waals surface area (Å²) in [4.78, 5) is 26.2.